The van der Waals surface area contributed by atoms with Gasteiger partial charge in [0.2, 0.25) is 0 Å². The van der Waals surface area contributed by atoms with Gasteiger partial charge in [-0.2, -0.15) is 0 Å². The van der Waals surface area contributed by atoms with E-state index in [2.05, 4.69) is 6.92 Å². The number of carbonyl (C=O) groups is 2. The van der Waals surface area contributed by atoms with Gasteiger partial charge in [-0.15, -0.1) is 9.78 Å². The van der Waals surface area contributed by atoms with E-state index in [0.717, 1.165) is 12.8 Å². The number of ether oxygens (including phenoxy) is 4. The van der Waals surface area contributed by atoms with Crippen LogP contribution in [-0.2, 0) is 29.0 Å². The number of carbonyl (C=O) groups excluding carboxylic acids is 2. The minimum atomic E-state index is -0.799. The van der Waals surface area contributed by atoms with Crippen LogP contribution in [0.15, 0.2) is 48.5 Å². The highest BCUT2D eigenvalue weighted by Crippen LogP contribution is 2.17. The molecular formula is C26H32O10. The first-order valence-electron chi connectivity index (χ1n) is 11.6. The first-order chi connectivity index (χ1) is 17.6. The summed E-state index contributed by atoms with van der Waals surface area (Å²) in [5.74, 6) is -0.348. The van der Waals surface area contributed by atoms with E-state index in [0.29, 0.717) is 24.7 Å². The van der Waals surface area contributed by atoms with Crippen LogP contribution in [0.3, 0.4) is 0 Å². The van der Waals surface area contributed by atoms with E-state index in [-0.39, 0.29) is 37.6 Å². The fraction of sp³-hybridized carbons (Fsp3) is 0.385. The van der Waals surface area contributed by atoms with Crippen LogP contribution in [0.25, 0.3) is 0 Å². The largest absolute Gasteiger partial charge is 0.494 e. The molecule has 0 amide bonds. The van der Waals surface area contributed by atoms with Crippen LogP contribution in [0.4, 0.5) is 0 Å². The van der Waals surface area contributed by atoms with Crippen molar-refractivity contribution in [3.63, 3.8) is 0 Å². The average molecular weight is 505 g/mol. The van der Waals surface area contributed by atoms with Crippen LogP contribution in [0.1, 0.15) is 47.4 Å². The van der Waals surface area contributed by atoms with Crippen molar-refractivity contribution in [1.29, 1.82) is 0 Å². The lowest BCUT2D eigenvalue weighted by atomic mass is 10.2. The summed E-state index contributed by atoms with van der Waals surface area (Å²) in [5, 5.41) is 0. The van der Waals surface area contributed by atoms with Crippen LogP contribution in [-0.4, -0.2) is 51.6 Å². The third kappa shape index (κ3) is 11.0. The Morgan fingerprint density at radius 1 is 0.639 bits per heavy atom. The maximum atomic E-state index is 12.3. The molecule has 0 spiro atoms. The van der Waals surface area contributed by atoms with E-state index in [4.69, 9.17) is 38.5 Å². The van der Waals surface area contributed by atoms with Crippen LogP contribution in [0, 0.1) is 13.2 Å². The molecular weight excluding hydrogens is 472 g/mol. The summed E-state index contributed by atoms with van der Waals surface area (Å²) in [4.78, 5) is 44.1. The Bertz CT molecular complexity index is 815. The van der Waals surface area contributed by atoms with Crippen LogP contribution in [0.2, 0.25) is 0 Å². The zero-order valence-electron chi connectivity index (χ0n) is 20.6. The van der Waals surface area contributed by atoms with Gasteiger partial charge in [0.25, 0.3) is 0 Å². The van der Waals surface area contributed by atoms with Crippen molar-refractivity contribution < 1.29 is 48.1 Å². The Morgan fingerprint density at radius 2 is 1.08 bits per heavy atom. The lowest BCUT2D eigenvalue weighted by Crippen LogP contribution is -2.21. The standard InChI is InChI=1S/C26H32O10/c1-4-15-31-22-11-7-20(8-12-22)25(27)35-33-24(19-30-18-17-29-6-3)34-36-26(28)21-9-13-23(14-10-21)32-16-5-2/h7-14H,3-6,15-19H2,1-2H3. The average Bonchev–Trinajstić information content (AvgIpc) is 2.91. The molecule has 0 heterocycles. The van der Waals surface area contributed by atoms with E-state index in [1.807, 2.05) is 13.8 Å². The topological polar surface area (TPSA) is 108 Å². The van der Waals surface area contributed by atoms with Crippen molar-refractivity contribution in [2.75, 3.05) is 39.6 Å². The quantitative estimate of drug-likeness (QED) is 0.164. The molecule has 0 aliphatic rings. The van der Waals surface area contributed by atoms with Crippen molar-refractivity contribution in [1.82, 2.24) is 0 Å². The van der Waals surface area contributed by atoms with E-state index in [1.165, 1.54) is 24.3 Å². The van der Waals surface area contributed by atoms with Crippen LogP contribution in [0.5, 0.6) is 11.5 Å². The molecule has 0 aromatic heterocycles. The SMILES string of the molecule is [CH2]COCCOC[C](OOC(=O)c1ccc(OCCC)cc1)OOC(=O)c1ccc(OCCC)cc1. The predicted octanol–water partition coefficient (Wildman–Crippen LogP) is 4.50. The highest BCUT2D eigenvalue weighted by atomic mass is 17.3. The molecule has 0 atom stereocenters. The van der Waals surface area contributed by atoms with Gasteiger partial charge in [-0.1, -0.05) is 13.8 Å². The summed E-state index contributed by atoms with van der Waals surface area (Å²) in [6.45, 7) is 9.11. The highest BCUT2D eigenvalue weighted by Gasteiger charge is 2.22. The van der Waals surface area contributed by atoms with Crippen molar-refractivity contribution in [2.45, 2.75) is 26.7 Å². The minimum absolute atomic E-state index is 0.173. The zero-order valence-corrected chi connectivity index (χ0v) is 20.6. The lowest BCUT2D eigenvalue weighted by Gasteiger charge is -2.14. The Kier molecular flexibility index (Phi) is 13.9. The van der Waals surface area contributed by atoms with Crippen molar-refractivity contribution in [3.05, 3.63) is 72.9 Å². The smallest absolute Gasteiger partial charge is 0.373 e. The van der Waals surface area contributed by atoms with Crippen LogP contribution >= 0.6 is 0 Å². The maximum absolute atomic E-state index is 12.3. The maximum Gasteiger partial charge on any atom is 0.373 e. The van der Waals surface area contributed by atoms with Gasteiger partial charge in [-0.25, -0.2) is 9.59 Å². The van der Waals surface area contributed by atoms with Crippen molar-refractivity contribution >= 4 is 11.9 Å². The second kappa shape index (κ2) is 17.3. The van der Waals surface area contributed by atoms with Gasteiger partial charge in [0.15, 0.2) is 0 Å². The molecule has 0 bridgehead atoms. The molecule has 0 aliphatic carbocycles. The third-order valence-corrected chi connectivity index (χ3v) is 4.28. The van der Waals surface area contributed by atoms with E-state index >= 15 is 0 Å². The van der Waals surface area contributed by atoms with Gasteiger partial charge < -0.3 is 18.9 Å². The summed E-state index contributed by atoms with van der Waals surface area (Å²) in [5.41, 5.74) is 0.427. The number of hydrogen-bond donors (Lipinski definition) is 0. The predicted molar refractivity (Wildman–Crippen MR) is 128 cm³/mol. The zero-order chi connectivity index (χ0) is 26.0. The molecule has 10 heteroatoms. The monoisotopic (exact) mass is 504 g/mol. The molecule has 0 saturated carbocycles. The van der Waals surface area contributed by atoms with Gasteiger partial charge in [0.05, 0.1) is 37.6 Å². The Labute approximate surface area is 211 Å². The molecule has 0 unspecified atom stereocenters. The van der Waals surface area contributed by atoms with Gasteiger partial charge in [-0.05, 0) is 68.3 Å². The third-order valence-electron chi connectivity index (χ3n) is 4.28. The molecule has 2 radical (unpaired) electrons. The summed E-state index contributed by atoms with van der Waals surface area (Å²) in [7, 11) is 0. The molecule has 196 valence electrons. The summed E-state index contributed by atoms with van der Waals surface area (Å²) >= 11 is 0. The molecule has 0 fully saturated rings. The first-order valence-corrected chi connectivity index (χ1v) is 11.6. The summed E-state index contributed by atoms with van der Waals surface area (Å²) < 4.78 is 21.4. The molecule has 36 heavy (non-hydrogen) atoms. The van der Waals surface area contributed by atoms with Gasteiger partial charge in [0.1, 0.15) is 18.1 Å². The Balaban J connectivity index is 1.88. The summed E-state index contributed by atoms with van der Waals surface area (Å²) in [6.07, 6.45) is 1.32. The van der Waals surface area contributed by atoms with Crippen molar-refractivity contribution in [2.24, 2.45) is 0 Å². The normalized spacial score (nSPS) is 10.8. The molecule has 2 aromatic rings. The van der Waals surface area contributed by atoms with E-state index in [1.54, 1.807) is 24.3 Å². The Morgan fingerprint density at radius 3 is 1.50 bits per heavy atom. The van der Waals surface area contributed by atoms with Gasteiger partial charge in [0, 0.05) is 6.61 Å². The fourth-order valence-electron chi connectivity index (χ4n) is 2.52. The number of rotatable bonds is 18. The second-order valence-electron chi connectivity index (χ2n) is 7.19. The highest BCUT2D eigenvalue weighted by molar-refractivity contribution is 5.89. The van der Waals surface area contributed by atoms with E-state index in [9.17, 15) is 9.59 Å². The number of hydrogen-bond acceptors (Lipinski definition) is 10. The molecule has 10 nitrogen and oxygen atoms in total. The fourth-order valence-corrected chi connectivity index (χ4v) is 2.52. The Hall–Kier alpha value is -3.18. The molecule has 0 saturated heterocycles. The molecule has 2 aromatic carbocycles. The number of benzene rings is 2. The second-order valence-corrected chi connectivity index (χ2v) is 7.19. The van der Waals surface area contributed by atoms with Crippen LogP contribution < -0.4 is 9.47 Å². The molecule has 0 N–H and O–H groups in total. The van der Waals surface area contributed by atoms with Gasteiger partial charge >= 0.3 is 18.2 Å². The minimum Gasteiger partial charge on any atom is -0.494 e. The van der Waals surface area contributed by atoms with Crippen molar-refractivity contribution in [3.8, 4) is 11.5 Å². The summed E-state index contributed by atoms with van der Waals surface area (Å²) in [6, 6.07) is 12.7. The lowest BCUT2D eigenvalue weighted by molar-refractivity contribution is -0.368. The molecule has 2 rings (SSSR count). The molecule has 0 aliphatic heterocycles. The first kappa shape index (κ1) is 29.1. The van der Waals surface area contributed by atoms with Gasteiger partial charge in [-0.3, -0.25) is 9.78 Å². The van der Waals surface area contributed by atoms with E-state index < -0.39 is 18.2 Å².